The van der Waals surface area contributed by atoms with Crippen molar-refractivity contribution < 1.29 is 9.53 Å². The van der Waals surface area contributed by atoms with E-state index in [4.69, 9.17) is 4.74 Å². The number of carbonyl (C=O) groups excluding carboxylic acids is 1. The van der Waals surface area contributed by atoms with Gasteiger partial charge >= 0.3 is 6.03 Å². The molecule has 0 fully saturated rings. The number of hydrogen-bond donors (Lipinski definition) is 2. The van der Waals surface area contributed by atoms with Gasteiger partial charge in [0.1, 0.15) is 5.75 Å². The van der Waals surface area contributed by atoms with Crippen molar-refractivity contribution in [2.45, 2.75) is 10.6 Å². The van der Waals surface area contributed by atoms with Gasteiger partial charge in [-0.25, -0.2) is 4.79 Å². The van der Waals surface area contributed by atoms with Gasteiger partial charge in [0.05, 0.1) is 7.11 Å². The Hall–Kier alpha value is -2.92. The van der Waals surface area contributed by atoms with E-state index in [1.165, 1.54) is 10.5 Å². The Labute approximate surface area is 157 Å². The van der Waals surface area contributed by atoms with Gasteiger partial charge < -0.3 is 15.4 Å². The van der Waals surface area contributed by atoms with Crippen molar-refractivity contribution in [3.05, 3.63) is 84.4 Å². The fraction of sp³-hybridized carbons (Fsp3) is 0.0952. The van der Waals surface area contributed by atoms with Crippen LogP contribution < -0.4 is 15.4 Å². The number of urea groups is 1. The summed E-state index contributed by atoms with van der Waals surface area (Å²) in [5.74, 6) is 1.59. The maximum atomic E-state index is 12.1. The molecule has 0 aliphatic carbocycles. The highest BCUT2D eigenvalue weighted by Crippen LogP contribution is 2.23. The van der Waals surface area contributed by atoms with Crippen LogP contribution in [0.15, 0.2) is 83.8 Å². The first-order chi connectivity index (χ1) is 12.7. The fourth-order valence-electron chi connectivity index (χ4n) is 2.36. The molecule has 0 heterocycles. The number of nitrogens with one attached hydrogen (secondary N) is 2. The van der Waals surface area contributed by atoms with Crippen LogP contribution in [0.4, 0.5) is 16.2 Å². The number of anilines is 2. The number of thioether (sulfide) groups is 1. The number of benzene rings is 3. The molecule has 4 nitrogen and oxygen atoms in total. The molecule has 0 bridgehead atoms. The predicted octanol–water partition coefficient (Wildman–Crippen LogP) is 5.63. The van der Waals surface area contributed by atoms with Crippen molar-refractivity contribution in [3.8, 4) is 5.75 Å². The number of rotatable bonds is 6. The summed E-state index contributed by atoms with van der Waals surface area (Å²) in [5.41, 5.74) is 2.63. The average molecular weight is 364 g/mol. The minimum Gasteiger partial charge on any atom is -0.497 e. The minimum atomic E-state index is -0.287. The molecule has 0 aliphatic rings. The van der Waals surface area contributed by atoms with Crippen molar-refractivity contribution in [1.82, 2.24) is 0 Å². The number of amides is 2. The largest absolute Gasteiger partial charge is 0.497 e. The Kier molecular flexibility index (Phi) is 6.17. The molecule has 2 amide bonds. The van der Waals surface area contributed by atoms with Crippen molar-refractivity contribution in [2.24, 2.45) is 0 Å². The first-order valence-electron chi connectivity index (χ1n) is 8.22. The second-order valence-corrected chi connectivity index (χ2v) is 6.66. The van der Waals surface area contributed by atoms with Gasteiger partial charge in [0.25, 0.3) is 0 Å². The van der Waals surface area contributed by atoms with E-state index in [1.807, 2.05) is 60.7 Å². The molecule has 0 radical (unpaired) electrons. The van der Waals surface area contributed by atoms with Crippen LogP contribution in [0.3, 0.4) is 0 Å². The lowest BCUT2D eigenvalue weighted by atomic mass is 10.2. The Morgan fingerprint density at radius 3 is 2.35 bits per heavy atom. The molecule has 26 heavy (non-hydrogen) atoms. The van der Waals surface area contributed by atoms with E-state index in [0.717, 1.165) is 11.4 Å². The van der Waals surface area contributed by atoms with Crippen LogP contribution in [0.25, 0.3) is 0 Å². The molecule has 0 saturated heterocycles. The normalized spacial score (nSPS) is 10.2. The average Bonchev–Trinajstić information content (AvgIpc) is 2.68. The summed E-state index contributed by atoms with van der Waals surface area (Å²) in [7, 11) is 1.59. The van der Waals surface area contributed by atoms with Crippen LogP contribution in [-0.2, 0) is 5.75 Å². The van der Waals surface area contributed by atoms with Crippen molar-refractivity contribution in [1.29, 1.82) is 0 Å². The van der Waals surface area contributed by atoms with E-state index < -0.39 is 0 Å². The second-order valence-electron chi connectivity index (χ2n) is 5.61. The quantitative estimate of drug-likeness (QED) is 0.557. The van der Waals surface area contributed by atoms with E-state index >= 15 is 0 Å². The molecule has 3 aromatic carbocycles. The van der Waals surface area contributed by atoms with Crippen LogP contribution >= 0.6 is 11.8 Å². The highest BCUT2D eigenvalue weighted by atomic mass is 32.2. The van der Waals surface area contributed by atoms with Gasteiger partial charge in [-0.05, 0) is 42.0 Å². The number of ether oxygens (including phenoxy) is 1. The lowest BCUT2D eigenvalue weighted by Gasteiger charge is -2.09. The van der Waals surface area contributed by atoms with Gasteiger partial charge in [-0.15, -0.1) is 11.8 Å². The van der Waals surface area contributed by atoms with Crippen LogP contribution in [0, 0.1) is 0 Å². The molecule has 5 heteroatoms. The molecule has 132 valence electrons. The first-order valence-corrected chi connectivity index (χ1v) is 9.20. The smallest absolute Gasteiger partial charge is 0.323 e. The molecule has 2 N–H and O–H groups in total. The number of hydrogen-bond acceptors (Lipinski definition) is 3. The molecular weight excluding hydrogens is 344 g/mol. The second kappa shape index (κ2) is 8.97. The van der Waals surface area contributed by atoms with Crippen molar-refractivity contribution >= 4 is 29.2 Å². The molecule has 0 atom stereocenters. The Bertz CT molecular complexity index is 851. The lowest BCUT2D eigenvalue weighted by molar-refractivity contribution is 0.262. The van der Waals surface area contributed by atoms with Crippen LogP contribution in [0.5, 0.6) is 5.75 Å². The fourth-order valence-corrected chi connectivity index (χ4v) is 3.24. The monoisotopic (exact) mass is 364 g/mol. The summed E-state index contributed by atoms with van der Waals surface area (Å²) in [6.45, 7) is 0. The summed E-state index contributed by atoms with van der Waals surface area (Å²) in [6, 6.07) is 25.1. The third-order valence-corrected chi connectivity index (χ3v) is 4.77. The Morgan fingerprint density at radius 2 is 1.62 bits per heavy atom. The third kappa shape index (κ3) is 5.29. The lowest BCUT2D eigenvalue weighted by Crippen LogP contribution is -2.19. The molecule has 0 spiro atoms. The summed E-state index contributed by atoms with van der Waals surface area (Å²) in [6.07, 6.45) is 0. The molecule has 0 aromatic heterocycles. The molecule has 3 rings (SSSR count). The molecule has 3 aromatic rings. The summed E-state index contributed by atoms with van der Waals surface area (Å²) in [4.78, 5) is 13.4. The minimum absolute atomic E-state index is 0.287. The summed E-state index contributed by atoms with van der Waals surface area (Å²) in [5, 5.41) is 5.62. The zero-order valence-corrected chi connectivity index (χ0v) is 15.3. The van der Waals surface area contributed by atoms with E-state index in [-0.39, 0.29) is 6.03 Å². The molecule has 0 saturated carbocycles. The summed E-state index contributed by atoms with van der Waals surface area (Å²) < 4.78 is 5.15. The van der Waals surface area contributed by atoms with Crippen molar-refractivity contribution in [2.75, 3.05) is 17.7 Å². The highest BCUT2D eigenvalue weighted by Gasteiger charge is 2.04. The maximum Gasteiger partial charge on any atom is 0.323 e. The van der Waals surface area contributed by atoms with Gasteiger partial charge in [0, 0.05) is 28.1 Å². The van der Waals surface area contributed by atoms with Gasteiger partial charge in [0.15, 0.2) is 0 Å². The Morgan fingerprint density at radius 1 is 0.885 bits per heavy atom. The van der Waals surface area contributed by atoms with Gasteiger partial charge in [-0.2, -0.15) is 0 Å². The van der Waals surface area contributed by atoms with Crippen molar-refractivity contribution in [3.63, 3.8) is 0 Å². The van der Waals surface area contributed by atoms with E-state index in [0.29, 0.717) is 11.4 Å². The highest BCUT2D eigenvalue weighted by molar-refractivity contribution is 7.98. The zero-order chi connectivity index (χ0) is 18.2. The first kappa shape index (κ1) is 17.9. The predicted molar refractivity (Wildman–Crippen MR) is 108 cm³/mol. The Balaban J connectivity index is 1.52. The van der Waals surface area contributed by atoms with Gasteiger partial charge in [-0.1, -0.05) is 36.4 Å². The van der Waals surface area contributed by atoms with Gasteiger partial charge in [0.2, 0.25) is 0 Å². The topological polar surface area (TPSA) is 50.4 Å². The SMILES string of the molecule is COc1cccc(NC(=O)Nc2ccc(CSc3ccccc3)cc2)c1. The van der Waals surface area contributed by atoms with Crippen LogP contribution in [-0.4, -0.2) is 13.1 Å². The summed E-state index contributed by atoms with van der Waals surface area (Å²) >= 11 is 1.79. The molecule has 0 unspecified atom stereocenters. The maximum absolute atomic E-state index is 12.1. The standard InChI is InChI=1S/C21H20N2O2S/c1-25-19-7-5-6-18(14-19)23-21(24)22-17-12-10-16(11-13-17)15-26-20-8-3-2-4-9-20/h2-14H,15H2,1H3,(H2,22,23,24). The van der Waals surface area contributed by atoms with E-state index in [1.54, 1.807) is 24.9 Å². The van der Waals surface area contributed by atoms with Crippen LogP contribution in [0.1, 0.15) is 5.56 Å². The number of carbonyl (C=O) groups is 1. The zero-order valence-electron chi connectivity index (χ0n) is 14.4. The molecular formula is C21H20N2O2S. The third-order valence-electron chi connectivity index (χ3n) is 3.69. The van der Waals surface area contributed by atoms with E-state index in [2.05, 4.69) is 22.8 Å². The molecule has 0 aliphatic heterocycles. The number of methoxy groups -OCH3 is 1. The van der Waals surface area contributed by atoms with E-state index in [9.17, 15) is 4.79 Å². The van der Waals surface area contributed by atoms with Crippen LogP contribution in [0.2, 0.25) is 0 Å². The van der Waals surface area contributed by atoms with Gasteiger partial charge in [-0.3, -0.25) is 0 Å².